The molecular weight excluding hydrogens is 627 g/mol. The van der Waals surface area contributed by atoms with E-state index in [-0.39, 0.29) is 19.6 Å². The SMILES string of the molecule is CCCCC/C=C/CC/C=C/C(O)C(COP(=O)(O)OCCN)NC(=O)CC(O)CCCCCCCCCCCCCCCCCCC. The number of nitrogens with one attached hydrogen (secondary N) is 1. The van der Waals surface area contributed by atoms with E-state index in [2.05, 4.69) is 31.3 Å². The molecule has 0 rings (SSSR count). The van der Waals surface area contributed by atoms with Crippen molar-refractivity contribution in [3.63, 3.8) is 0 Å². The van der Waals surface area contributed by atoms with Crippen LogP contribution < -0.4 is 11.1 Å². The van der Waals surface area contributed by atoms with Crippen molar-refractivity contribution in [2.24, 2.45) is 5.73 Å². The number of aliphatic hydroxyl groups is 2. The van der Waals surface area contributed by atoms with Gasteiger partial charge >= 0.3 is 7.82 Å². The van der Waals surface area contributed by atoms with E-state index in [9.17, 15) is 24.5 Å². The van der Waals surface area contributed by atoms with Crippen LogP contribution in [0, 0.1) is 0 Å². The normalized spacial score (nSPS) is 15.2. The maximum absolute atomic E-state index is 12.7. The lowest BCUT2D eigenvalue weighted by Gasteiger charge is -2.24. The number of nitrogens with two attached hydrogens (primary N) is 1. The van der Waals surface area contributed by atoms with Gasteiger partial charge in [0.15, 0.2) is 0 Å². The van der Waals surface area contributed by atoms with Crippen LogP contribution in [0.25, 0.3) is 0 Å². The molecule has 0 aromatic heterocycles. The summed E-state index contributed by atoms with van der Waals surface area (Å²) < 4.78 is 21.9. The fraction of sp³-hybridized carbons (Fsp3) is 0.868. The zero-order chi connectivity index (χ0) is 35.6. The lowest BCUT2D eigenvalue weighted by Crippen LogP contribution is -2.46. The predicted octanol–water partition coefficient (Wildman–Crippen LogP) is 9.19. The molecule has 0 aromatic carbocycles. The van der Waals surface area contributed by atoms with Crippen molar-refractivity contribution in [1.29, 1.82) is 0 Å². The first-order chi connectivity index (χ1) is 23.3. The van der Waals surface area contributed by atoms with Gasteiger partial charge in [0.05, 0.1) is 37.9 Å². The van der Waals surface area contributed by atoms with Gasteiger partial charge in [-0.05, 0) is 32.1 Å². The fourth-order valence-corrected chi connectivity index (χ4v) is 6.36. The van der Waals surface area contributed by atoms with E-state index in [0.29, 0.717) is 12.8 Å². The molecule has 1 amide bonds. The van der Waals surface area contributed by atoms with Crippen LogP contribution in [0.3, 0.4) is 0 Å². The van der Waals surface area contributed by atoms with Gasteiger partial charge in [-0.25, -0.2) is 4.57 Å². The van der Waals surface area contributed by atoms with Gasteiger partial charge in [-0.2, -0.15) is 0 Å². The average molecular weight is 703 g/mol. The molecule has 0 radical (unpaired) electrons. The van der Waals surface area contributed by atoms with Crippen LogP contribution in [0.15, 0.2) is 24.3 Å². The van der Waals surface area contributed by atoms with E-state index in [1.54, 1.807) is 6.08 Å². The number of amides is 1. The van der Waals surface area contributed by atoms with Crippen LogP contribution >= 0.6 is 7.82 Å². The van der Waals surface area contributed by atoms with Gasteiger partial charge in [0.2, 0.25) is 5.91 Å². The van der Waals surface area contributed by atoms with Gasteiger partial charge in [-0.1, -0.05) is 160 Å². The van der Waals surface area contributed by atoms with Gasteiger partial charge in [-0.15, -0.1) is 0 Å². The van der Waals surface area contributed by atoms with E-state index in [1.165, 1.54) is 109 Å². The summed E-state index contributed by atoms with van der Waals surface area (Å²) in [5.74, 6) is -0.457. The minimum atomic E-state index is -4.39. The van der Waals surface area contributed by atoms with Crippen molar-refractivity contribution in [3.05, 3.63) is 24.3 Å². The molecular formula is C38H75N2O7P. The Labute approximate surface area is 294 Å². The van der Waals surface area contributed by atoms with Gasteiger partial charge in [0, 0.05) is 6.54 Å². The van der Waals surface area contributed by atoms with E-state index in [1.807, 2.05) is 6.08 Å². The molecule has 4 unspecified atom stereocenters. The number of phosphoric ester groups is 1. The highest BCUT2D eigenvalue weighted by molar-refractivity contribution is 7.47. The number of aliphatic hydroxyl groups excluding tert-OH is 2. The topological polar surface area (TPSA) is 151 Å². The van der Waals surface area contributed by atoms with Crippen molar-refractivity contribution in [1.82, 2.24) is 5.32 Å². The summed E-state index contributed by atoms with van der Waals surface area (Å²) in [6.07, 6.45) is 34.2. The van der Waals surface area contributed by atoms with Crippen LogP contribution in [0.5, 0.6) is 0 Å². The van der Waals surface area contributed by atoms with Gasteiger partial charge in [0.25, 0.3) is 0 Å². The summed E-state index contributed by atoms with van der Waals surface area (Å²) in [7, 11) is -4.39. The number of hydrogen-bond acceptors (Lipinski definition) is 7. The zero-order valence-electron chi connectivity index (χ0n) is 30.8. The lowest BCUT2D eigenvalue weighted by atomic mass is 10.0. The molecule has 284 valence electrons. The van der Waals surface area contributed by atoms with Crippen molar-refractivity contribution < 1.29 is 33.5 Å². The highest BCUT2D eigenvalue weighted by Crippen LogP contribution is 2.43. The Balaban J connectivity index is 4.29. The molecule has 0 aliphatic carbocycles. The minimum Gasteiger partial charge on any atom is -0.393 e. The Bertz CT molecular complexity index is 827. The van der Waals surface area contributed by atoms with Crippen LogP contribution in [0.4, 0.5) is 0 Å². The largest absolute Gasteiger partial charge is 0.472 e. The van der Waals surface area contributed by atoms with E-state index >= 15 is 0 Å². The van der Waals surface area contributed by atoms with Crippen LogP contribution in [0.1, 0.15) is 174 Å². The molecule has 0 aromatic rings. The average Bonchev–Trinajstić information content (AvgIpc) is 3.06. The molecule has 10 heteroatoms. The molecule has 0 saturated carbocycles. The summed E-state index contributed by atoms with van der Waals surface area (Å²) in [6, 6.07) is -0.993. The maximum Gasteiger partial charge on any atom is 0.472 e. The van der Waals surface area contributed by atoms with Crippen molar-refractivity contribution in [2.45, 2.75) is 193 Å². The van der Waals surface area contributed by atoms with E-state index in [4.69, 9.17) is 14.8 Å². The summed E-state index contributed by atoms with van der Waals surface area (Å²) in [6.45, 7) is 3.89. The summed E-state index contributed by atoms with van der Waals surface area (Å²) in [5, 5.41) is 23.9. The highest BCUT2D eigenvalue weighted by Gasteiger charge is 2.27. The van der Waals surface area contributed by atoms with Crippen LogP contribution in [0.2, 0.25) is 0 Å². The van der Waals surface area contributed by atoms with Gasteiger partial charge < -0.3 is 26.2 Å². The van der Waals surface area contributed by atoms with Crippen molar-refractivity contribution >= 4 is 13.7 Å². The Kier molecular flexibility index (Phi) is 33.6. The molecule has 0 fully saturated rings. The monoisotopic (exact) mass is 703 g/mol. The van der Waals surface area contributed by atoms with Crippen LogP contribution in [-0.2, 0) is 18.4 Å². The first kappa shape index (κ1) is 46.9. The molecule has 0 aliphatic rings. The fourth-order valence-electron chi connectivity index (χ4n) is 5.60. The lowest BCUT2D eigenvalue weighted by molar-refractivity contribution is -0.124. The first-order valence-corrected chi connectivity index (χ1v) is 21.0. The number of carbonyl (C=O) groups excluding carboxylic acids is 1. The highest BCUT2D eigenvalue weighted by atomic mass is 31.2. The number of unbranched alkanes of at least 4 members (excludes halogenated alkanes) is 20. The molecule has 4 atom stereocenters. The smallest absolute Gasteiger partial charge is 0.393 e. The molecule has 0 spiro atoms. The summed E-state index contributed by atoms with van der Waals surface area (Å²) >= 11 is 0. The third-order valence-electron chi connectivity index (χ3n) is 8.58. The zero-order valence-corrected chi connectivity index (χ0v) is 31.7. The third kappa shape index (κ3) is 32.2. The molecule has 0 saturated heterocycles. The van der Waals surface area contributed by atoms with Gasteiger partial charge in [-0.3, -0.25) is 13.8 Å². The Morgan fingerprint density at radius 3 is 1.73 bits per heavy atom. The molecule has 48 heavy (non-hydrogen) atoms. The molecule has 0 bridgehead atoms. The van der Waals surface area contributed by atoms with Crippen molar-refractivity contribution in [2.75, 3.05) is 19.8 Å². The van der Waals surface area contributed by atoms with Crippen LogP contribution in [-0.4, -0.2) is 59.0 Å². The predicted molar refractivity (Wildman–Crippen MR) is 200 cm³/mol. The molecule has 9 nitrogen and oxygen atoms in total. The number of phosphoric acid groups is 1. The Morgan fingerprint density at radius 1 is 0.708 bits per heavy atom. The Morgan fingerprint density at radius 2 is 1.19 bits per heavy atom. The number of rotatable bonds is 36. The summed E-state index contributed by atoms with van der Waals surface area (Å²) in [5.41, 5.74) is 5.33. The molecule has 0 aliphatic heterocycles. The number of allylic oxidation sites excluding steroid dienone is 3. The standard InChI is InChI=1S/C38H75N2O7P/c1-3-5-7-9-11-13-14-15-16-17-18-19-20-22-23-25-27-29-35(41)33-38(43)40-36(34-47-48(44,45)46-32-31-39)37(42)30-28-26-24-21-12-10-8-6-4-2/h12,21,28,30,35-37,41-42H,3-11,13-20,22-27,29,31-34,39H2,1-2H3,(H,40,43)(H,44,45)/b21-12+,30-28+. The maximum atomic E-state index is 12.7. The number of carbonyl (C=O) groups is 1. The first-order valence-electron chi connectivity index (χ1n) is 19.5. The molecule has 0 heterocycles. The van der Waals surface area contributed by atoms with E-state index < -0.39 is 38.6 Å². The second-order valence-electron chi connectivity index (χ2n) is 13.3. The third-order valence-corrected chi connectivity index (χ3v) is 9.57. The second-order valence-corrected chi connectivity index (χ2v) is 14.8. The summed E-state index contributed by atoms with van der Waals surface area (Å²) in [4.78, 5) is 22.6. The quantitative estimate of drug-likeness (QED) is 0.0246. The molecule has 6 N–H and O–H groups in total. The number of hydrogen-bond donors (Lipinski definition) is 5. The van der Waals surface area contributed by atoms with Crippen molar-refractivity contribution in [3.8, 4) is 0 Å². The second kappa shape index (κ2) is 34.4. The van der Waals surface area contributed by atoms with E-state index in [0.717, 1.165) is 32.1 Å². The Hall–Kier alpha value is -1.06. The van der Waals surface area contributed by atoms with Gasteiger partial charge in [0.1, 0.15) is 0 Å². The minimum absolute atomic E-state index is 0.0455.